The molecule has 0 radical (unpaired) electrons. The molecular weight excluding hydrogens is 373 g/mol. The van der Waals surface area contributed by atoms with Gasteiger partial charge in [-0.15, -0.1) is 0 Å². The maximum absolute atomic E-state index is 14.7. The first kappa shape index (κ1) is 21.1. The molecule has 5 nitrogen and oxygen atoms in total. The van der Waals surface area contributed by atoms with E-state index in [9.17, 15) is 9.18 Å². The zero-order valence-electron chi connectivity index (χ0n) is 17.4. The second-order valence-corrected chi connectivity index (χ2v) is 7.48. The lowest BCUT2D eigenvalue weighted by molar-refractivity contribution is -0.131. The van der Waals surface area contributed by atoms with Crippen LogP contribution in [0.15, 0.2) is 36.4 Å². The summed E-state index contributed by atoms with van der Waals surface area (Å²) in [6, 6.07) is 10.3. The summed E-state index contributed by atoms with van der Waals surface area (Å²) in [6.45, 7) is 4.81. The van der Waals surface area contributed by atoms with Crippen LogP contribution in [0.5, 0.6) is 11.5 Å². The maximum atomic E-state index is 14.7. The Balaban J connectivity index is 1.89. The minimum Gasteiger partial charge on any atom is -0.493 e. The van der Waals surface area contributed by atoms with E-state index in [2.05, 4.69) is 5.32 Å². The van der Waals surface area contributed by atoms with E-state index in [-0.39, 0.29) is 5.91 Å². The SMILES string of the molecule is COc1cc(F)c(C(C)NC(=O)C2(c3ccc(C)cc3)CCOCC2)cc1OC. The van der Waals surface area contributed by atoms with Gasteiger partial charge in [-0.1, -0.05) is 29.8 Å². The quantitative estimate of drug-likeness (QED) is 0.793. The highest BCUT2D eigenvalue weighted by atomic mass is 19.1. The first-order chi connectivity index (χ1) is 13.9. The van der Waals surface area contributed by atoms with Crippen molar-refractivity contribution in [3.63, 3.8) is 0 Å². The number of benzene rings is 2. The highest BCUT2D eigenvalue weighted by Crippen LogP contribution is 2.37. The van der Waals surface area contributed by atoms with Crippen molar-refractivity contribution < 1.29 is 23.4 Å². The minimum absolute atomic E-state index is 0.119. The number of aryl methyl sites for hydroxylation is 1. The highest BCUT2D eigenvalue weighted by Gasteiger charge is 2.42. The van der Waals surface area contributed by atoms with Crippen LogP contribution in [0.1, 0.15) is 42.5 Å². The summed E-state index contributed by atoms with van der Waals surface area (Å²) in [6.07, 6.45) is 1.17. The number of hydrogen-bond donors (Lipinski definition) is 1. The van der Waals surface area contributed by atoms with E-state index in [1.54, 1.807) is 13.0 Å². The van der Waals surface area contributed by atoms with Crippen LogP contribution >= 0.6 is 0 Å². The number of carbonyl (C=O) groups is 1. The summed E-state index contributed by atoms with van der Waals surface area (Å²) in [7, 11) is 2.95. The Morgan fingerprint density at radius 2 is 1.69 bits per heavy atom. The van der Waals surface area contributed by atoms with E-state index in [4.69, 9.17) is 14.2 Å². The van der Waals surface area contributed by atoms with Crippen LogP contribution in [-0.4, -0.2) is 33.3 Å². The van der Waals surface area contributed by atoms with Crippen molar-refractivity contribution in [1.82, 2.24) is 5.32 Å². The van der Waals surface area contributed by atoms with Crippen LogP contribution in [0.2, 0.25) is 0 Å². The molecule has 2 aromatic rings. The lowest BCUT2D eigenvalue weighted by Gasteiger charge is -2.37. The molecule has 0 saturated carbocycles. The molecule has 3 rings (SSSR count). The molecule has 1 amide bonds. The van der Waals surface area contributed by atoms with Gasteiger partial charge in [-0.2, -0.15) is 0 Å². The van der Waals surface area contributed by atoms with Gasteiger partial charge in [0.05, 0.1) is 25.7 Å². The average molecular weight is 401 g/mol. The third-order valence-corrected chi connectivity index (χ3v) is 5.70. The summed E-state index contributed by atoms with van der Waals surface area (Å²) in [4.78, 5) is 13.4. The standard InChI is InChI=1S/C23H28FNO4/c1-15-5-7-17(8-6-15)23(9-11-29-12-10-23)22(26)25-16(2)18-13-20(27-3)21(28-4)14-19(18)24/h5-8,13-14,16H,9-12H2,1-4H3,(H,25,26). The van der Waals surface area contributed by atoms with Gasteiger partial charge in [0.25, 0.3) is 0 Å². The number of ether oxygens (including phenoxy) is 3. The Labute approximate surface area is 171 Å². The second kappa shape index (κ2) is 8.82. The van der Waals surface area contributed by atoms with E-state index in [1.807, 2.05) is 31.2 Å². The Bertz CT molecular complexity index is 860. The average Bonchev–Trinajstić information content (AvgIpc) is 2.74. The van der Waals surface area contributed by atoms with Crippen LogP contribution in [0.25, 0.3) is 0 Å². The molecule has 29 heavy (non-hydrogen) atoms. The Morgan fingerprint density at radius 3 is 2.28 bits per heavy atom. The molecular formula is C23H28FNO4. The number of amides is 1. The number of nitrogens with one attached hydrogen (secondary N) is 1. The van der Waals surface area contributed by atoms with Crippen molar-refractivity contribution in [2.45, 2.75) is 38.1 Å². The molecule has 1 fully saturated rings. The van der Waals surface area contributed by atoms with Gasteiger partial charge in [0.1, 0.15) is 5.82 Å². The van der Waals surface area contributed by atoms with Crippen molar-refractivity contribution in [1.29, 1.82) is 0 Å². The zero-order chi connectivity index (χ0) is 21.0. The number of methoxy groups -OCH3 is 2. The van der Waals surface area contributed by atoms with Gasteiger partial charge in [-0.3, -0.25) is 4.79 Å². The van der Waals surface area contributed by atoms with Gasteiger partial charge in [0.2, 0.25) is 5.91 Å². The number of rotatable bonds is 6. The lowest BCUT2D eigenvalue weighted by Crippen LogP contribution is -2.48. The van der Waals surface area contributed by atoms with E-state index in [0.29, 0.717) is 43.1 Å². The fourth-order valence-corrected chi connectivity index (χ4v) is 3.85. The van der Waals surface area contributed by atoms with Crippen molar-refractivity contribution in [2.75, 3.05) is 27.4 Å². The smallest absolute Gasteiger partial charge is 0.231 e. The first-order valence-corrected chi connectivity index (χ1v) is 9.78. The molecule has 1 N–H and O–H groups in total. The molecule has 156 valence electrons. The molecule has 0 aliphatic carbocycles. The Morgan fingerprint density at radius 1 is 1.10 bits per heavy atom. The molecule has 1 heterocycles. The van der Waals surface area contributed by atoms with Crippen molar-refractivity contribution in [3.8, 4) is 11.5 Å². The van der Waals surface area contributed by atoms with Gasteiger partial charge < -0.3 is 19.5 Å². The van der Waals surface area contributed by atoms with Crippen LogP contribution in [0.4, 0.5) is 4.39 Å². The third-order valence-electron chi connectivity index (χ3n) is 5.70. The van der Waals surface area contributed by atoms with E-state index < -0.39 is 17.3 Å². The summed E-state index contributed by atoms with van der Waals surface area (Å²) >= 11 is 0. The van der Waals surface area contributed by atoms with Crippen molar-refractivity contribution >= 4 is 5.91 Å². The van der Waals surface area contributed by atoms with E-state index in [1.165, 1.54) is 20.3 Å². The predicted molar refractivity (Wildman–Crippen MR) is 109 cm³/mol. The highest BCUT2D eigenvalue weighted by molar-refractivity contribution is 5.88. The summed E-state index contributed by atoms with van der Waals surface area (Å²) in [5, 5.41) is 3.02. The molecule has 1 unspecified atom stereocenters. The van der Waals surface area contributed by atoms with Crippen molar-refractivity contribution in [2.24, 2.45) is 0 Å². The normalized spacial score (nSPS) is 16.7. The molecule has 1 aliphatic heterocycles. The molecule has 0 bridgehead atoms. The molecule has 0 aromatic heterocycles. The largest absolute Gasteiger partial charge is 0.493 e. The summed E-state index contributed by atoms with van der Waals surface area (Å²) < 4.78 is 30.6. The predicted octanol–water partition coefficient (Wildman–Crippen LogP) is 4.08. The fourth-order valence-electron chi connectivity index (χ4n) is 3.85. The van der Waals surface area contributed by atoms with Gasteiger partial charge in [-0.05, 0) is 38.3 Å². The van der Waals surface area contributed by atoms with Gasteiger partial charge >= 0.3 is 0 Å². The van der Waals surface area contributed by atoms with Crippen LogP contribution in [0.3, 0.4) is 0 Å². The number of carbonyl (C=O) groups excluding carboxylic acids is 1. The van der Waals surface area contributed by atoms with Gasteiger partial charge in [-0.25, -0.2) is 4.39 Å². The second-order valence-electron chi connectivity index (χ2n) is 7.48. The maximum Gasteiger partial charge on any atom is 0.231 e. The monoisotopic (exact) mass is 401 g/mol. The fraction of sp³-hybridized carbons (Fsp3) is 0.435. The third kappa shape index (κ3) is 4.22. The van der Waals surface area contributed by atoms with E-state index in [0.717, 1.165) is 11.1 Å². The topological polar surface area (TPSA) is 56.8 Å². The lowest BCUT2D eigenvalue weighted by atomic mass is 9.73. The van der Waals surface area contributed by atoms with Crippen LogP contribution in [0, 0.1) is 12.7 Å². The van der Waals surface area contributed by atoms with Crippen LogP contribution in [-0.2, 0) is 14.9 Å². The van der Waals surface area contributed by atoms with E-state index >= 15 is 0 Å². The molecule has 1 saturated heterocycles. The minimum atomic E-state index is -0.687. The summed E-state index contributed by atoms with van der Waals surface area (Å²) in [5.74, 6) is 0.162. The molecule has 2 aromatic carbocycles. The molecule has 6 heteroatoms. The molecule has 1 aliphatic rings. The van der Waals surface area contributed by atoms with Crippen molar-refractivity contribution in [3.05, 3.63) is 58.9 Å². The zero-order valence-corrected chi connectivity index (χ0v) is 17.4. The number of hydrogen-bond acceptors (Lipinski definition) is 4. The van der Waals surface area contributed by atoms with Crippen LogP contribution < -0.4 is 14.8 Å². The number of halogens is 1. The molecule has 1 atom stereocenters. The Hall–Kier alpha value is -2.60. The Kier molecular flexibility index (Phi) is 6.42. The van der Waals surface area contributed by atoms with Gasteiger partial charge in [0.15, 0.2) is 11.5 Å². The first-order valence-electron chi connectivity index (χ1n) is 9.78. The molecule has 0 spiro atoms. The summed E-state index contributed by atoms with van der Waals surface area (Å²) in [5.41, 5.74) is 1.76. The van der Waals surface area contributed by atoms with Gasteiger partial charge in [0, 0.05) is 24.8 Å².